The number of carbonyl (C=O) groups is 1. The van der Waals surface area contributed by atoms with Crippen LogP contribution in [-0.2, 0) is 16.0 Å². The van der Waals surface area contributed by atoms with Crippen LogP contribution in [0.3, 0.4) is 0 Å². The van der Waals surface area contributed by atoms with E-state index in [-0.39, 0.29) is 13.0 Å². The Morgan fingerprint density at radius 1 is 1.19 bits per heavy atom. The SMILES string of the molecule is COc1ccc2cccc(CCOC(=O)C(F)(F)F)c2c1. The number of halogens is 3. The average Bonchev–Trinajstić information content (AvgIpc) is 2.45. The van der Waals surface area contributed by atoms with Crippen molar-refractivity contribution in [1.82, 2.24) is 0 Å². The molecule has 21 heavy (non-hydrogen) atoms. The van der Waals surface area contributed by atoms with Gasteiger partial charge < -0.3 is 9.47 Å². The number of fused-ring (bicyclic) bond motifs is 1. The van der Waals surface area contributed by atoms with Gasteiger partial charge in [-0.2, -0.15) is 13.2 Å². The number of esters is 1. The number of carbonyl (C=O) groups excluding carboxylic acids is 1. The second kappa shape index (κ2) is 6.03. The van der Waals surface area contributed by atoms with Gasteiger partial charge in [0, 0.05) is 6.42 Å². The maximum absolute atomic E-state index is 12.0. The third kappa shape index (κ3) is 3.65. The molecule has 6 heteroatoms. The summed E-state index contributed by atoms with van der Waals surface area (Å²) < 4.78 is 45.5. The Labute approximate surface area is 119 Å². The number of ether oxygens (including phenoxy) is 2. The molecule has 3 nitrogen and oxygen atoms in total. The molecule has 0 aliphatic heterocycles. The zero-order valence-electron chi connectivity index (χ0n) is 11.2. The maximum atomic E-state index is 12.0. The second-order valence-corrected chi connectivity index (χ2v) is 4.39. The molecule has 0 spiro atoms. The number of hydrogen-bond donors (Lipinski definition) is 0. The summed E-state index contributed by atoms with van der Waals surface area (Å²) in [6, 6.07) is 10.9. The highest BCUT2D eigenvalue weighted by Gasteiger charge is 2.40. The lowest BCUT2D eigenvalue weighted by atomic mass is 10.0. The van der Waals surface area contributed by atoms with Gasteiger partial charge in [0.15, 0.2) is 0 Å². The van der Waals surface area contributed by atoms with E-state index in [2.05, 4.69) is 4.74 Å². The average molecular weight is 298 g/mol. The minimum atomic E-state index is -4.96. The van der Waals surface area contributed by atoms with E-state index in [1.54, 1.807) is 24.3 Å². The van der Waals surface area contributed by atoms with Gasteiger partial charge in [0.05, 0.1) is 13.7 Å². The van der Waals surface area contributed by atoms with Gasteiger partial charge in [0.25, 0.3) is 0 Å². The molecule has 0 saturated carbocycles. The summed E-state index contributed by atoms with van der Waals surface area (Å²) in [6.45, 7) is -0.325. The summed E-state index contributed by atoms with van der Waals surface area (Å²) in [5.41, 5.74) is 0.793. The zero-order valence-corrected chi connectivity index (χ0v) is 11.2. The van der Waals surface area contributed by atoms with E-state index >= 15 is 0 Å². The monoisotopic (exact) mass is 298 g/mol. The number of hydrogen-bond acceptors (Lipinski definition) is 3. The molecular formula is C15H13F3O3. The second-order valence-electron chi connectivity index (χ2n) is 4.39. The number of benzene rings is 2. The molecule has 0 aliphatic rings. The van der Waals surface area contributed by atoms with Gasteiger partial charge in [-0.3, -0.25) is 0 Å². The summed E-state index contributed by atoms with van der Waals surface area (Å²) in [6.07, 6.45) is -4.76. The van der Waals surface area contributed by atoms with Crippen LogP contribution in [0.15, 0.2) is 36.4 Å². The lowest BCUT2D eigenvalue weighted by molar-refractivity contribution is -0.199. The largest absolute Gasteiger partial charge is 0.497 e. The Hall–Kier alpha value is -2.24. The summed E-state index contributed by atoms with van der Waals surface area (Å²) in [7, 11) is 1.54. The molecule has 112 valence electrons. The molecule has 0 bridgehead atoms. The lowest BCUT2D eigenvalue weighted by Crippen LogP contribution is -2.26. The Kier molecular flexibility index (Phi) is 4.35. The van der Waals surface area contributed by atoms with Gasteiger partial charge in [-0.15, -0.1) is 0 Å². The molecule has 0 heterocycles. The van der Waals surface area contributed by atoms with Crippen molar-refractivity contribution in [2.24, 2.45) is 0 Å². The first-order chi connectivity index (χ1) is 9.91. The molecule has 0 N–H and O–H groups in total. The van der Waals surface area contributed by atoms with Crippen LogP contribution in [0.5, 0.6) is 5.75 Å². The van der Waals surface area contributed by atoms with Crippen LogP contribution in [0.4, 0.5) is 13.2 Å². The van der Waals surface area contributed by atoms with Crippen LogP contribution < -0.4 is 4.74 Å². The molecule has 2 aromatic carbocycles. The summed E-state index contributed by atoms with van der Waals surface area (Å²) in [5.74, 6) is -1.51. The molecule has 0 aromatic heterocycles. The van der Waals surface area contributed by atoms with E-state index in [1.165, 1.54) is 7.11 Å². The molecule has 0 amide bonds. The molecule has 2 aromatic rings. The predicted octanol–water partition coefficient (Wildman–Crippen LogP) is 3.50. The highest BCUT2D eigenvalue weighted by atomic mass is 19.4. The van der Waals surface area contributed by atoms with E-state index < -0.39 is 12.1 Å². The predicted molar refractivity (Wildman–Crippen MR) is 71.2 cm³/mol. The van der Waals surface area contributed by atoms with Crippen LogP contribution in [0.2, 0.25) is 0 Å². The molecule has 0 aliphatic carbocycles. The first kappa shape index (κ1) is 15.2. The first-order valence-electron chi connectivity index (χ1n) is 6.21. The Morgan fingerprint density at radius 2 is 1.95 bits per heavy atom. The Bertz CT molecular complexity index is 650. The van der Waals surface area contributed by atoms with Gasteiger partial charge in [-0.25, -0.2) is 4.79 Å². The molecule has 0 fully saturated rings. The summed E-state index contributed by atoms with van der Waals surface area (Å²) in [4.78, 5) is 10.7. The van der Waals surface area contributed by atoms with Crippen molar-refractivity contribution in [3.05, 3.63) is 42.0 Å². The molecule has 0 saturated heterocycles. The van der Waals surface area contributed by atoms with Gasteiger partial charge in [0.1, 0.15) is 5.75 Å². The summed E-state index contributed by atoms with van der Waals surface area (Å²) in [5, 5.41) is 1.80. The molecule has 0 radical (unpaired) electrons. The van der Waals surface area contributed by atoms with E-state index in [9.17, 15) is 18.0 Å². The standard InChI is InChI=1S/C15H13F3O3/c1-20-12-6-5-10-3-2-4-11(13(10)9-12)7-8-21-14(19)15(16,17)18/h2-6,9H,7-8H2,1H3. The van der Waals surface area contributed by atoms with E-state index in [0.717, 1.165) is 16.3 Å². The van der Waals surface area contributed by atoms with Crippen LogP contribution in [0, 0.1) is 0 Å². The third-order valence-corrected chi connectivity index (χ3v) is 3.02. The van der Waals surface area contributed by atoms with Crippen molar-refractivity contribution < 1.29 is 27.4 Å². The van der Waals surface area contributed by atoms with Gasteiger partial charge in [-0.1, -0.05) is 24.3 Å². The molecular weight excluding hydrogens is 285 g/mol. The fourth-order valence-corrected chi connectivity index (χ4v) is 2.00. The lowest BCUT2D eigenvalue weighted by Gasteiger charge is -2.10. The normalized spacial score (nSPS) is 11.4. The van der Waals surface area contributed by atoms with Crippen LogP contribution >= 0.6 is 0 Å². The van der Waals surface area contributed by atoms with Gasteiger partial charge in [0.2, 0.25) is 0 Å². The fraction of sp³-hybridized carbons (Fsp3) is 0.267. The molecule has 0 unspecified atom stereocenters. The molecule has 2 rings (SSSR count). The number of methoxy groups -OCH3 is 1. The highest BCUT2D eigenvalue weighted by molar-refractivity contribution is 5.87. The molecule has 0 atom stereocenters. The van der Waals surface area contributed by atoms with E-state index in [4.69, 9.17) is 4.74 Å². The minimum absolute atomic E-state index is 0.201. The van der Waals surface area contributed by atoms with E-state index in [1.807, 2.05) is 12.1 Å². The zero-order chi connectivity index (χ0) is 15.5. The van der Waals surface area contributed by atoms with Crippen molar-refractivity contribution in [3.8, 4) is 5.75 Å². The summed E-state index contributed by atoms with van der Waals surface area (Å²) >= 11 is 0. The van der Waals surface area contributed by atoms with Crippen molar-refractivity contribution in [1.29, 1.82) is 0 Å². The third-order valence-electron chi connectivity index (χ3n) is 3.02. The highest BCUT2D eigenvalue weighted by Crippen LogP contribution is 2.24. The van der Waals surface area contributed by atoms with Gasteiger partial charge in [-0.05, 0) is 28.5 Å². The van der Waals surface area contributed by atoms with E-state index in [0.29, 0.717) is 5.75 Å². The topological polar surface area (TPSA) is 35.5 Å². The van der Waals surface area contributed by atoms with Crippen molar-refractivity contribution in [2.75, 3.05) is 13.7 Å². The first-order valence-corrected chi connectivity index (χ1v) is 6.21. The number of rotatable bonds is 4. The maximum Gasteiger partial charge on any atom is 0.490 e. The van der Waals surface area contributed by atoms with Crippen LogP contribution in [-0.4, -0.2) is 25.9 Å². The Balaban J connectivity index is 2.13. The van der Waals surface area contributed by atoms with Crippen LogP contribution in [0.1, 0.15) is 5.56 Å². The van der Waals surface area contributed by atoms with Crippen molar-refractivity contribution in [2.45, 2.75) is 12.6 Å². The minimum Gasteiger partial charge on any atom is -0.497 e. The van der Waals surface area contributed by atoms with Crippen LogP contribution in [0.25, 0.3) is 10.8 Å². The fourth-order valence-electron chi connectivity index (χ4n) is 2.00. The smallest absolute Gasteiger partial charge is 0.490 e. The Morgan fingerprint density at radius 3 is 2.62 bits per heavy atom. The van der Waals surface area contributed by atoms with Crippen molar-refractivity contribution >= 4 is 16.7 Å². The van der Waals surface area contributed by atoms with Gasteiger partial charge >= 0.3 is 12.1 Å². The van der Waals surface area contributed by atoms with Crippen molar-refractivity contribution in [3.63, 3.8) is 0 Å². The number of alkyl halides is 3. The quantitative estimate of drug-likeness (QED) is 0.810.